The van der Waals surface area contributed by atoms with E-state index < -0.39 is 0 Å². The molecule has 0 spiro atoms. The number of hydrogen-bond acceptors (Lipinski definition) is 3. The zero-order chi connectivity index (χ0) is 18.0. The third-order valence-corrected chi connectivity index (χ3v) is 5.25. The number of nitrogens with one attached hydrogen (secondary N) is 1. The van der Waals surface area contributed by atoms with E-state index in [9.17, 15) is 9.59 Å². The monoisotopic (exact) mass is 345 g/mol. The van der Waals surface area contributed by atoms with Crippen molar-refractivity contribution < 1.29 is 14.3 Å². The number of anilines is 2. The Balaban J connectivity index is 1.72. The molecule has 6 heteroatoms. The lowest BCUT2D eigenvalue weighted by atomic mass is 9.99. The van der Waals surface area contributed by atoms with Crippen LogP contribution in [-0.2, 0) is 4.74 Å². The number of ether oxygens (including phenoxy) is 1. The maximum atomic E-state index is 12.9. The second-order valence-electron chi connectivity index (χ2n) is 7.01. The number of benzene rings is 1. The van der Waals surface area contributed by atoms with Crippen molar-refractivity contribution in [3.63, 3.8) is 0 Å². The number of hydrogen-bond donors (Lipinski definition) is 1. The van der Waals surface area contributed by atoms with Gasteiger partial charge in [0.15, 0.2) is 0 Å². The van der Waals surface area contributed by atoms with E-state index in [1.165, 1.54) is 0 Å². The van der Waals surface area contributed by atoms with Gasteiger partial charge in [0.1, 0.15) is 6.61 Å². The lowest BCUT2D eigenvalue weighted by Crippen LogP contribution is -2.45. The van der Waals surface area contributed by atoms with Crippen LogP contribution in [0.1, 0.15) is 40.0 Å². The third kappa shape index (κ3) is 3.89. The Morgan fingerprint density at radius 1 is 1.40 bits per heavy atom. The molecule has 1 aliphatic heterocycles. The van der Waals surface area contributed by atoms with Gasteiger partial charge < -0.3 is 15.0 Å². The van der Waals surface area contributed by atoms with Crippen molar-refractivity contribution in [3.05, 3.63) is 24.3 Å². The van der Waals surface area contributed by atoms with Gasteiger partial charge in [0.05, 0.1) is 6.54 Å². The number of rotatable bonds is 6. The Labute approximate surface area is 149 Å². The van der Waals surface area contributed by atoms with Crippen LogP contribution < -0.4 is 10.2 Å². The number of cyclic esters (lactones) is 1. The van der Waals surface area contributed by atoms with Gasteiger partial charge in [-0.3, -0.25) is 4.90 Å². The Bertz CT molecular complexity index is 645. The van der Waals surface area contributed by atoms with Crippen LogP contribution in [0, 0.1) is 5.92 Å². The van der Waals surface area contributed by atoms with Crippen molar-refractivity contribution >= 4 is 23.5 Å². The minimum absolute atomic E-state index is 0.0588. The van der Waals surface area contributed by atoms with Crippen LogP contribution in [0.5, 0.6) is 0 Å². The topological polar surface area (TPSA) is 61.9 Å². The fourth-order valence-corrected chi connectivity index (χ4v) is 3.22. The highest BCUT2D eigenvalue weighted by molar-refractivity contribution is 5.93. The molecule has 1 heterocycles. The van der Waals surface area contributed by atoms with Gasteiger partial charge in [-0.1, -0.05) is 26.3 Å². The van der Waals surface area contributed by atoms with Crippen LogP contribution in [0.15, 0.2) is 24.3 Å². The first-order chi connectivity index (χ1) is 12.0. The van der Waals surface area contributed by atoms with Crippen LogP contribution in [0.2, 0.25) is 0 Å². The van der Waals surface area contributed by atoms with Gasteiger partial charge in [0.25, 0.3) is 0 Å². The second kappa shape index (κ2) is 7.33. The SMILES string of the molecule is CC[C@@H](C)[C@H](C)N(C(=O)Nc1cccc(N2CCOC2=O)c1)C1CC1. The Morgan fingerprint density at radius 2 is 2.16 bits per heavy atom. The van der Waals surface area contributed by atoms with Crippen molar-refractivity contribution in [3.8, 4) is 0 Å². The molecule has 1 aromatic carbocycles. The predicted molar refractivity (Wildman–Crippen MR) is 97.9 cm³/mol. The summed E-state index contributed by atoms with van der Waals surface area (Å²) in [5.41, 5.74) is 1.44. The summed E-state index contributed by atoms with van der Waals surface area (Å²) >= 11 is 0. The summed E-state index contributed by atoms with van der Waals surface area (Å²) in [5.74, 6) is 0.456. The molecule has 3 amide bonds. The molecule has 1 saturated carbocycles. The van der Waals surface area contributed by atoms with Crippen molar-refractivity contribution in [2.45, 2.75) is 52.1 Å². The van der Waals surface area contributed by atoms with Crippen molar-refractivity contribution in [1.82, 2.24) is 4.90 Å². The molecule has 6 nitrogen and oxygen atoms in total. The zero-order valence-electron chi connectivity index (χ0n) is 15.2. The lowest BCUT2D eigenvalue weighted by Gasteiger charge is -2.33. The smallest absolute Gasteiger partial charge is 0.414 e. The lowest BCUT2D eigenvalue weighted by molar-refractivity contribution is 0.164. The summed E-state index contributed by atoms with van der Waals surface area (Å²) in [7, 11) is 0. The maximum Gasteiger partial charge on any atom is 0.414 e. The van der Waals surface area contributed by atoms with E-state index in [0.29, 0.717) is 30.8 Å². The molecule has 0 bridgehead atoms. The van der Waals surface area contributed by atoms with Crippen molar-refractivity contribution in [2.75, 3.05) is 23.4 Å². The Kier molecular flexibility index (Phi) is 5.16. The fourth-order valence-electron chi connectivity index (χ4n) is 3.22. The molecule has 2 atom stereocenters. The molecule has 3 rings (SSSR count). The van der Waals surface area contributed by atoms with Crippen molar-refractivity contribution in [1.29, 1.82) is 0 Å². The molecule has 2 fully saturated rings. The molecule has 25 heavy (non-hydrogen) atoms. The molecule has 136 valence electrons. The standard InChI is InChI=1S/C19H27N3O3/c1-4-13(2)14(3)22(16-8-9-16)18(23)20-15-6-5-7-17(12-15)21-10-11-25-19(21)24/h5-7,12-14,16H,4,8-11H2,1-3H3,(H,20,23)/t13-,14+/m1/s1. The number of carbonyl (C=O) groups is 2. The molecule has 1 aromatic rings. The fraction of sp³-hybridized carbons (Fsp3) is 0.579. The van der Waals surface area contributed by atoms with E-state index in [2.05, 4.69) is 26.1 Å². The number of amides is 3. The van der Waals surface area contributed by atoms with E-state index in [1.54, 1.807) is 4.90 Å². The summed E-state index contributed by atoms with van der Waals surface area (Å²) in [4.78, 5) is 28.2. The molecular formula is C19H27N3O3. The highest BCUT2D eigenvalue weighted by Crippen LogP contribution is 2.32. The third-order valence-electron chi connectivity index (χ3n) is 5.25. The van der Waals surface area contributed by atoms with Gasteiger partial charge in [-0.2, -0.15) is 0 Å². The molecule has 0 aromatic heterocycles. The number of nitrogens with zero attached hydrogens (tertiary/aromatic N) is 2. The first-order valence-electron chi connectivity index (χ1n) is 9.15. The summed E-state index contributed by atoms with van der Waals surface area (Å²) in [6, 6.07) is 7.86. The number of carbonyl (C=O) groups excluding carboxylic acids is 2. The molecule has 1 aliphatic carbocycles. The molecule has 0 radical (unpaired) electrons. The second-order valence-corrected chi connectivity index (χ2v) is 7.01. The van der Waals surface area contributed by atoms with E-state index in [4.69, 9.17) is 4.74 Å². The van der Waals surface area contributed by atoms with E-state index in [1.807, 2.05) is 29.2 Å². The van der Waals surface area contributed by atoms with Gasteiger partial charge in [-0.25, -0.2) is 9.59 Å². The Hall–Kier alpha value is -2.24. The minimum Gasteiger partial charge on any atom is -0.447 e. The van der Waals surface area contributed by atoms with E-state index >= 15 is 0 Å². The van der Waals surface area contributed by atoms with Gasteiger partial charge in [0, 0.05) is 23.5 Å². The first-order valence-corrected chi connectivity index (χ1v) is 9.15. The molecule has 0 unspecified atom stereocenters. The highest BCUT2D eigenvalue weighted by Gasteiger charge is 2.37. The summed E-state index contributed by atoms with van der Waals surface area (Å²) < 4.78 is 4.98. The molecule has 1 saturated heterocycles. The maximum absolute atomic E-state index is 12.9. The minimum atomic E-state index is -0.339. The average Bonchev–Trinajstić information content (AvgIpc) is 3.34. The van der Waals surface area contributed by atoms with Crippen LogP contribution in [-0.4, -0.2) is 42.3 Å². The van der Waals surface area contributed by atoms with Crippen LogP contribution in [0.3, 0.4) is 0 Å². The van der Waals surface area contributed by atoms with E-state index in [0.717, 1.165) is 24.9 Å². The van der Waals surface area contributed by atoms with E-state index in [-0.39, 0.29) is 18.2 Å². The van der Waals surface area contributed by atoms with Gasteiger partial charge in [-0.15, -0.1) is 0 Å². The summed E-state index contributed by atoms with van der Waals surface area (Å²) in [6.45, 7) is 7.41. The van der Waals surface area contributed by atoms with Gasteiger partial charge in [-0.05, 0) is 43.9 Å². The van der Waals surface area contributed by atoms with Crippen LogP contribution in [0.25, 0.3) is 0 Å². The highest BCUT2D eigenvalue weighted by atomic mass is 16.6. The van der Waals surface area contributed by atoms with Gasteiger partial charge in [0.2, 0.25) is 0 Å². The first kappa shape index (κ1) is 17.6. The zero-order valence-corrected chi connectivity index (χ0v) is 15.2. The van der Waals surface area contributed by atoms with Crippen LogP contribution >= 0.6 is 0 Å². The molecule has 1 N–H and O–H groups in total. The number of urea groups is 1. The predicted octanol–water partition coefficient (Wildman–Crippen LogP) is 4.07. The normalized spacial score (nSPS) is 19.3. The molecular weight excluding hydrogens is 318 g/mol. The average molecular weight is 345 g/mol. The van der Waals surface area contributed by atoms with Crippen LogP contribution in [0.4, 0.5) is 21.0 Å². The summed E-state index contributed by atoms with van der Waals surface area (Å²) in [5, 5.41) is 3.01. The summed E-state index contributed by atoms with van der Waals surface area (Å²) in [6.07, 6.45) is 2.86. The largest absolute Gasteiger partial charge is 0.447 e. The van der Waals surface area contributed by atoms with Crippen molar-refractivity contribution in [2.24, 2.45) is 5.92 Å². The van der Waals surface area contributed by atoms with Gasteiger partial charge >= 0.3 is 12.1 Å². The Morgan fingerprint density at radius 3 is 2.76 bits per heavy atom. The quantitative estimate of drug-likeness (QED) is 0.845. The molecule has 2 aliphatic rings.